The van der Waals surface area contributed by atoms with Crippen molar-refractivity contribution >= 4 is 34.1 Å². The highest BCUT2D eigenvalue weighted by molar-refractivity contribution is 6.02. The van der Waals surface area contributed by atoms with Crippen LogP contribution in [-0.2, 0) is 10.8 Å². The monoisotopic (exact) mass is 796 g/mol. The molecule has 0 spiro atoms. The van der Waals surface area contributed by atoms with Gasteiger partial charge in [0.1, 0.15) is 22.9 Å². The lowest BCUT2D eigenvalue weighted by Crippen LogP contribution is -2.18. The zero-order valence-electron chi connectivity index (χ0n) is 35.0. The molecule has 0 unspecified atom stereocenters. The Morgan fingerprint density at radius 1 is 0.350 bits per heavy atom. The zero-order valence-corrected chi connectivity index (χ0v) is 35.0. The number of nitrogens with zero attached hydrogens (tertiary/aromatic N) is 2. The number of benzene rings is 7. The molecule has 0 radical (unpaired) electrons. The van der Waals surface area contributed by atoms with Crippen LogP contribution in [0, 0.1) is 27.7 Å². The third kappa shape index (κ3) is 5.43. The van der Waals surface area contributed by atoms with Crippen LogP contribution in [0.2, 0.25) is 0 Å². The summed E-state index contributed by atoms with van der Waals surface area (Å²) in [6.45, 7) is 15.7. The summed E-state index contributed by atoms with van der Waals surface area (Å²) in [6, 6.07) is 34.7. The molecule has 0 saturated carbocycles. The van der Waals surface area contributed by atoms with Gasteiger partial charge in [-0.15, -0.1) is 0 Å². The fourth-order valence-corrected chi connectivity index (χ4v) is 9.47. The van der Waals surface area contributed by atoms with Crippen molar-refractivity contribution in [2.24, 2.45) is 0 Å². The molecule has 2 aliphatic rings. The van der Waals surface area contributed by atoms with Crippen LogP contribution < -0.4 is 9.80 Å². The van der Waals surface area contributed by atoms with Gasteiger partial charge in [0.05, 0.1) is 0 Å². The van der Waals surface area contributed by atoms with Gasteiger partial charge in [0.25, 0.3) is 0 Å². The van der Waals surface area contributed by atoms with Gasteiger partial charge in [0.15, 0.2) is 23.0 Å². The van der Waals surface area contributed by atoms with Crippen molar-refractivity contribution in [2.75, 3.05) is 9.80 Å². The van der Waals surface area contributed by atoms with Crippen molar-refractivity contribution in [1.29, 1.82) is 0 Å². The minimum absolute atomic E-state index is 0.0461. The number of rotatable bonds is 6. The van der Waals surface area contributed by atoms with Gasteiger partial charge in [-0.25, -0.2) is 0 Å². The van der Waals surface area contributed by atoms with Crippen LogP contribution in [0.3, 0.4) is 0 Å². The smallest absolute Gasteiger partial charge is 0.186 e. The molecule has 0 aromatic heterocycles. The van der Waals surface area contributed by atoms with Gasteiger partial charge < -0.3 is 40.4 Å². The Bertz CT molecular complexity index is 2600. The summed E-state index contributed by atoms with van der Waals surface area (Å²) in [4.78, 5) is 3.50. The van der Waals surface area contributed by atoms with Crippen LogP contribution in [0.4, 0.5) is 34.1 Å². The zero-order chi connectivity index (χ0) is 42.7. The SMILES string of the molecule is Cc1ccc(N(c2ccc(C)cc2)c2c(O)c(O)c3c(c2O)C(C)(C)c2cc4c(cc2-3)C(C)(C)c2c(O)c(N(c3ccc(C)cc3)c3ccc(C)cc3)c(O)c(O)c2-4)cc1. The molecule has 0 atom stereocenters. The Hall–Kier alpha value is -7.06. The van der Waals surface area contributed by atoms with Gasteiger partial charge in [-0.05, 0) is 111 Å². The van der Waals surface area contributed by atoms with E-state index in [1.165, 1.54) is 0 Å². The van der Waals surface area contributed by atoms with Crippen molar-refractivity contribution in [2.45, 2.75) is 66.2 Å². The summed E-state index contributed by atoms with van der Waals surface area (Å²) >= 11 is 0. The molecule has 9 rings (SSSR count). The Morgan fingerprint density at radius 3 is 0.850 bits per heavy atom. The molecule has 0 bridgehead atoms. The molecular formula is C52H48N2O6. The largest absolute Gasteiger partial charge is 0.505 e. The molecule has 8 heteroatoms. The predicted molar refractivity (Wildman–Crippen MR) is 240 cm³/mol. The maximum Gasteiger partial charge on any atom is 0.186 e. The summed E-state index contributed by atoms with van der Waals surface area (Å²) in [7, 11) is 0. The first-order valence-corrected chi connectivity index (χ1v) is 20.1. The molecule has 2 aliphatic carbocycles. The number of phenols is 6. The maximum absolute atomic E-state index is 12.5. The second-order valence-electron chi connectivity index (χ2n) is 17.5. The molecule has 0 fully saturated rings. The molecule has 8 nitrogen and oxygen atoms in total. The first-order chi connectivity index (χ1) is 28.4. The third-order valence-corrected chi connectivity index (χ3v) is 12.7. The number of anilines is 6. The van der Waals surface area contributed by atoms with E-state index in [4.69, 9.17) is 0 Å². The highest BCUT2D eigenvalue weighted by Gasteiger charge is 2.49. The molecule has 0 aliphatic heterocycles. The van der Waals surface area contributed by atoms with Gasteiger partial charge in [-0.1, -0.05) is 98.5 Å². The highest BCUT2D eigenvalue weighted by atomic mass is 16.3. The van der Waals surface area contributed by atoms with Crippen LogP contribution in [0.25, 0.3) is 22.3 Å². The lowest BCUT2D eigenvalue weighted by Gasteiger charge is -2.31. The van der Waals surface area contributed by atoms with E-state index in [9.17, 15) is 30.6 Å². The summed E-state index contributed by atoms with van der Waals surface area (Å²) in [6.07, 6.45) is 0. The van der Waals surface area contributed by atoms with Crippen molar-refractivity contribution < 1.29 is 30.6 Å². The fourth-order valence-electron chi connectivity index (χ4n) is 9.47. The highest BCUT2D eigenvalue weighted by Crippen LogP contribution is 2.67. The van der Waals surface area contributed by atoms with Crippen LogP contribution in [0.15, 0.2) is 109 Å². The van der Waals surface area contributed by atoms with E-state index in [0.29, 0.717) is 56.1 Å². The van der Waals surface area contributed by atoms with Gasteiger partial charge in [-0.3, -0.25) is 0 Å². The van der Waals surface area contributed by atoms with Crippen LogP contribution in [0.1, 0.15) is 72.2 Å². The van der Waals surface area contributed by atoms with Crippen LogP contribution >= 0.6 is 0 Å². The number of aryl methyl sites for hydroxylation is 4. The Labute approximate surface area is 350 Å². The van der Waals surface area contributed by atoms with E-state index in [-0.39, 0.29) is 34.4 Å². The first kappa shape index (κ1) is 38.5. The average molecular weight is 797 g/mol. The van der Waals surface area contributed by atoms with E-state index in [2.05, 4.69) is 0 Å². The summed E-state index contributed by atoms with van der Waals surface area (Å²) in [5.41, 5.74) is 9.24. The molecule has 0 amide bonds. The quantitative estimate of drug-likeness (QED) is 0.0725. The van der Waals surface area contributed by atoms with E-state index in [1.807, 2.05) is 165 Å². The van der Waals surface area contributed by atoms with Crippen LogP contribution in [0.5, 0.6) is 34.5 Å². The van der Waals surface area contributed by atoms with Gasteiger partial charge in [-0.2, -0.15) is 0 Å². The molecule has 6 N–H and O–H groups in total. The number of hydrogen-bond acceptors (Lipinski definition) is 8. The van der Waals surface area contributed by atoms with E-state index < -0.39 is 22.3 Å². The molecule has 7 aromatic carbocycles. The number of hydrogen-bond donors (Lipinski definition) is 6. The average Bonchev–Trinajstić information content (AvgIpc) is 3.60. The van der Waals surface area contributed by atoms with Crippen LogP contribution in [-0.4, -0.2) is 30.6 Å². The van der Waals surface area contributed by atoms with Crippen molar-refractivity contribution in [3.05, 3.63) is 154 Å². The van der Waals surface area contributed by atoms with E-state index >= 15 is 0 Å². The van der Waals surface area contributed by atoms with Gasteiger partial charge >= 0.3 is 0 Å². The molecule has 7 aromatic rings. The number of phenolic OH excluding ortho intramolecular Hbond substituents is 6. The molecule has 302 valence electrons. The number of fused-ring (bicyclic) bond motifs is 6. The minimum Gasteiger partial charge on any atom is -0.505 e. The predicted octanol–water partition coefficient (Wildman–Crippen LogP) is 12.7. The number of aromatic hydroxyl groups is 6. The molecular weight excluding hydrogens is 749 g/mol. The summed E-state index contributed by atoms with van der Waals surface area (Å²) in [5.74, 6) is -2.07. The second kappa shape index (κ2) is 13.2. The van der Waals surface area contributed by atoms with Crippen molar-refractivity contribution in [3.8, 4) is 56.8 Å². The molecule has 0 saturated heterocycles. The summed E-state index contributed by atoms with van der Waals surface area (Å²) < 4.78 is 0. The summed E-state index contributed by atoms with van der Waals surface area (Å²) in [5, 5.41) is 73.3. The van der Waals surface area contributed by atoms with Crippen molar-refractivity contribution in [1.82, 2.24) is 0 Å². The fraction of sp³-hybridized carbons (Fsp3) is 0.192. The molecule has 0 heterocycles. The second-order valence-corrected chi connectivity index (χ2v) is 17.5. The Balaban J connectivity index is 1.25. The van der Waals surface area contributed by atoms with Crippen molar-refractivity contribution in [3.63, 3.8) is 0 Å². The van der Waals surface area contributed by atoms with E-state index in [1.54, 1.807) is 9.80 Å². The minimum atomic E-state index is -0.934. The van der Waals surface area contributed by atoms with Gasteiger partial charge in [0.2, 0.25) is 0 Å². The first-order valence-electron chi connectivity index (χ1n) is 20.1. The topological polar surface area (TPSA) is 128 Å². The Morgan fingerprint density at radius 2 is 0.600 bits per heavy atom. The van der Waals surface area contributed by atoms with Gasteiger partial charge in [0, 0.05) is 55.8 Å². The third-order valence-electron chi connectivity index (χ3n) is 12.7. The normalized spacial score (nSPS) is 14.0. The standard InChI is InChI=1S/C52H48N2O6/c1-27-9-17-31(18-10-27)53(32-19-11-28(2)12-20-32)43-47(57)41-39(45(55)49(43)59)35-25-38-36(26-37(35)51(41,5)6)40-42(52(38,7)8)48(58)44(50(60)46(40)56)54(33-21-13-29(3)14-22-33)34-23-15-30(4)16-24-34/h9-26,55-60H,1-8H3. The maximum atomic E-state index is 12.5. The lowest BCUT2D eigenvalue weighted by atomic mass is 9.78. The van der Waals surface area contributed by atoms with E-state index in [0.717, 1.165) is 33.4 Å². The lowest BCUT2D eigenvalue weighted by molar-refractivity contribution is 0.396. The Kier molecular flexibility index (Phi) is 8.48. The molecule has 60 heavy (non-hydrogen) atoms.